The number of nitrogens with two attached hydrogens (primary N) is 1. The first-order valence-electron chi connectivity index (χ1n) is 7.86. The molecule has 0 heterocycles. The molecule has 0 aliphatic rings. The molecule has 5 nitrogen and oxygen atoms in total. The predicted molar refractivity (Wildman–Crippen MR) is 97.8 cm³/mol. The number of amides is 1. The summed E-state index contributed by atoms with van der Waals surface area (Å²) in [4.78, 5) is 17.5. The number of hydrogen-bond donors (Lipinski definition) is 2. The molecule has 0 aromatic heterocycles. The monoisotopic (exact) mass is 324 g/mol. The van der Waals surface area contributed by atoms with Gasteiger partial charge in [-0.1, -0.05) is 36.4 Å². The van der Waals surface area contributed by atoms with Crippen molar-refractivity contribution in [2.75, 3.05) is 14.1 Å². The number of rotatable bonds is 5. The SMILES string of the molecule is CN=C(NCc1ccc(C(N)=O)cc1)N(C)Cc1ccccc1C. The number of carbonyl (C=O) groups excluding carboxylic acids is 1. The average molecular weight is 324 g/mol. The quantitative estimate of drug-likeness (QED) is 0.655. The molecular weight excluding hydrogens is 300 g/mol. The Morgan fingerprint density at radius 2 is 1.83 bits per heavy atom. The topological polar surface area (TPSA) is 70.7 Å². The van der Waals surface area contributed by atoms with Gasteiger partial charge in [0.2, 0.25) is 5.91 Å². The third-order valence-corrected chi connectivity index (χ3v) is 3.93. The molecule has 0 fully saturated rings. The average Bonchev–Trinajstić information content (AvgIpc) is 2.58. The van der Waals surface area contributed by atoms with Crippen molar-refractivity contribution in [3.8, 4) is 0 Å². The van der Waals surface area contributed by atoms with E-state index >= 15 is 0 Å². The van der Waals surface area contributed by atoms with Crippen molar-refractivity contribution in [1.82, 2.24) is 10.2 Å². The zero-order chi connectivity index (χ0) is 17.5. The summed E-state index contributed by atoms with van der Waals surface area (Å²) in [6, 6.07) is 15.6. The predicted octanol–water partition coefficient (Wildman–Crippen LogP) is 2.30. The number of aryl methyl sites for hydroxylation is 1. The van der Waals surface area contributed by atoms with E-state index in [-0.39, 0.29) is 0 Å². The zero-order valence-electron chi connectivity index (χ0n) is 14.4. The normalized spacial score (nSPS) is 11.2. The lowest BCUT2D eigenvalue weighted by Crippen LogP contribution is -2.38. The van der Waals surface area contributed by atoms with E-state index in [1.807, 2.05) is 31.3 Å². The summed E-state index contributed by atoms with van der Waals surface area (Å²) >= 11 is 0. The number of primary amides is 1. The molecule has 3 N–H and O–H groups in total. The van der Waals surface area contributed by atoms with Crippen LogP contribution in [0.4, 0.5) is 0 Å². The van der Waals surface area contributed by atoms with Crippen molar-refractivity contribution < 1.29 is 4.79 Å². The van der Waals surface area contributed by atoms with E-state index in [4.69, 9.17) is 5.73 Å². The maximum atomic E-state index is 11.1. The second-order valence-corrected chi connectivity index (χ2v) is 5.74. The van der Waals surface area contributed by atoms with Crippen LogP contribution in [0.5, 0.6) is 0 Å². The Labute approximate surface area is 143 Å². The fourth-order valence-electron chi connectivity index (χ4n) is 2.47. The van der Waals surface area contributed by atoms with Gasteiger partial charge in [-0.25, -0.2) is 0 Å². The molecule has 0 saturated carbocycles. The van der Waals surface area contributed by atoms with Crippen LogP contribution in [-0.4, -0.2) is 30.9 Å². The van der Waals surface area contributed by atoms with E-state index < -0.39 is 5.91 Å². The highest BCUT2D eigenvalue weighted by Gasteiger charge is 2.08. The minimum atomic E-state index is -0.414. The van der Waals surface area contributed by atoms with Crippen molar-refractivity contribution >= 4 is 11.9 Å². The highest BCUT2D eigenvalue weighted by Crippen LogP contribution is 2.10. The third kappa shape index (κ3) is 4.59. The van der Waals surface area contributed by atoms with E-state index in [2.05, 4.69) is 34.3 Å². The van der Waals surface area contributed by atoms with E-state index in [0.717, 1.165) is 18.1 Å². The third-order valence-electron chi connectivity index (χ3n) is 3.93. The van der Waals surface area contributed by atoms with E-state index in [0.29, 0.717) is 12.1 Å². The molecule has 0 atom stereocenters. The number of hydrogen-bond acceptors (Lipinski definition) is 2. The second kappa shape index (κ2) is 8.15. The van der Waals surface area contributed by atoms with Gasteiger partial charge < -0.3 is 16.0 Å². The summed E-state index contributed by atoms with van der Waals surface area (Å²) in [5.74, 6) is 0.403. The van der Waals surface area contributed by atoms with Crippen LogP contribution in [0.2, 0.25) is 0 Å². The van der Waals surface area contributed by atoms with Crippen LogP contribution in [0.3, 0.4) is 0 Å². The Morgan fingerprint density at radius 1 is 1.17 bits per heavy atom. The standard InChI is InChI=1S/C19H24N4O/c1-14-6-4-5-7-17(14)13-23(3)19(21-2)22-12-15-8-10-16(11-9-15)18(20)24/h4-11H,12-13H2,1-3H3,(H2,20,24)(H,21,22). The molecule has 0 bridgehead atoms. The first-order chi connectivity index (χ1) is 11.5. The molecule has 2 aromatic rings. The number of nitrogens with one attached hydrogen (secondary N) is 1. The summed E-state index contributed by atoms with van der Waals surface area (Å²) in [6.07, 6.45) is 0. The molecule has 2 aromatic carbocycles. The van der Waals surface area contributed by atoms with Crippen molar-refractivity contribution in [3.05, 3.63) is 70.8 Å². The van der Waals surface area contributed by atoms with Crippen molar-refractivity contribution in [2.45, 2.75) is 20.0 Å². The van der Waals surface area contributed by atoms with Crippen LogP contribution in [0, 0.1) is 6.92 Å². The summed E-state index contributed by atoms with van der Waals surface area (Å²) in [5, 5.41) is 3.33. The molecular formula is C19H24N4O. The van der Waals surface area contributed by atoms with Gasteiger partial charge in [0.25, 0.3) is 0 Å². The highest BCUT2D eigenvalue weighted by molar-refractivity contribution is 5.92. The maximum Gasteiger partial charge on any atom is 0.248 e. The Balaban J connectivity index is 1.96. The summed E-state index contributed by atoms with van der Waals surface area (Å²) < 4.78 is 0. The Hall–Kier alpha value is -2.82. The minimum absolute atomic E-state index is 0.414. The molecule has 0 spiro atoms. The maximum absolute atomic E-state index is 11.1. The molecule has 0 aliphatic heterocycles. The van der Waals surface area contributed by atoms with Gasteiger partial charge in [-0.3, -0.25) is 9.79 Å². The zero-order valence-corrected chi connectivity index (χ0v) is 14.4. The van der Waals surface area contributed by atoms with E-state index in [1.54, 1.807) is 19.2 Å². The van der Waals surface area contributed by atoms with Crippen molar-refractivity contribution in [3.63, 3.8) is 0 Å². The molecule has 5 heteroatoms. The van der Waals surface area contributed by atoms with Crippen LogP contribution in [0.1, 0.15) is 27.0 Å². The van der Waals surface area contributed by atoms with E-state index in [9.17, 15) is 4.79 Å². The van der Waals surface area contributed by atoms with Gasteiger partial charge in [-0.2, -0.15) is 0 Å². The van der Waals surface area contributed by atoms with Gasteiger partial charge in [-0.15, -0.1) is 0 Å². The van der Waals surface area contributed by atoms with Crippen LogP contribution in [0.15, 0.2) is 53.5 Å². The van der Waals surface area contributed by atoms with Gasteiger partial charge in [0.15, 0.2) is 5.96 Å². The van der Waals surface area contributed by atoms with Crippen LogP contribution < -0.4 is 11.1 Å². The Bertz CT molecular complexity index is 722. The molecule has 2 rings (SSSR count). The molecule has 1 amide bonds. The molecule has 0 aliphatic carbocycles. The van der Waals surface area contributed by atoms with Gasteiger partial charge in [0, 0.05) is 32.7 Å². The Morgan fingerprint density at radius 3 is 2.42 bits per heavy atom. The van der Waals surface area contributed by atoms with Crippen molar-refractivity contribution in [1.29, 1.82) is 0 Å². The fraction of sp³-hybridized carbons (Fsp3) is 0.263. The second-order valence-electron chi connectivity index (χ2n) is 5.74. The lowest BCUT2D eigenvalue weighted by atomic mass is 10.1. The Kier molecular flexibility index (Phi) is 5.95. The van der Waals surface area contributed by atoms with Gasteiger partial charge in [0.1, 0.15) is 0 Å². The van der Waals surface area contributed by atoms with Gasteiger partial charge >= 0.3 is 0 Å². The smallest absolute Gasteiger partial charge is 0.248 e. The number of carbonyl (C=O) groups is 1. The highest BCUT2D eigenvalue weighted by atomic mass is 16.1. The molecule has 126 valence electrons. The van der Waals surface area contributed by atoms with Gasteiger partial charge in [0.05, 0.1) is 0 Å². The molecule has 0 radical (unpaired) electrons. The van der Waals surface area contributed by atoms with Crippen LogP contribution in [0.25, 0.3) is 0 Å². The van der Waals surface area contributed by atoms with Gasteiger partial charge in [-0.05, 0) is 35.7 Å². The van der Waals surface area contributed by atoms with Crippen LogP contribution >= 0.6 is 0 Å². The number of benzene rings is 2. The van der Waals surface area contributed by atoms with Crippen molar-refractivity contribution in [2.24, 2.45) is 10.7 Å². The molecule has 0 unspecified atom stereocenters. The number of aliphatic imine (C=N–C) groups is 1. The minimum Gasteiger partial charge on any atom is -0.366 e. The van der Waals surface area contributed by atoms with E-state index in [1.165, 1.54) is 11.1 Å². The molecule has 24 heavy (non-hydrogen) atoms. The number of nitrogens with zero attached hydrogens (tertiary/aromatic N) is 2. The first kappa shape index (κ1) is 17.5. The largest absolute Gasteiger partial charge is 0.366 e. The number of guanidine groups is 1. The summed E-state index contributed by atoms with van der Waals surface area (Å²) in [6.45, 7) is 3.52. The summed E-state index contributed by atoms with van der Waals surface area (Å²) in [7, 11) is 3.78. The lowest BCUT2D eigenvalue weighted by Gasteiger charge is -2.23. The lowest BCUT2D eigenvalue weighted by molar-refractivity contribution is 0.100. The first-order valence-corrected chi connectivity index (χ1v) is 7.86. The fourth-order valence-corrected chi connectivity index (χ4v) is 2.47. The molecule has 0 saturated heterocycles. The van der Waals surface area contributed by atoms with Crippen LogP contribution in [-0.2, 0) is 13.1 Å². The summed E-state index contributed by atoms with van der Waals surface area (Å²) in [5.41, 5.74) is 9.36.